The molecule has 0 saturated carbocycles. The van der Waals surface area contributed by atoms with E-state index in [2.05, 4.69) is 0 Å². The zero-order valence-electron chi connectivity index (χ0n) is 7.87. The second-order valence-electron chi connectivity index (χ2n) is 2.78. The molecule has 0 bridgehead atoms. The third-order valence-electron chi connectivity index (χ3n) is 1.77. The van der Waals surface area contributed by atoms with E-state index in [0.717, 1.165) is 0 Å². The number of benzene rings is 1. The summed E-state index contributed by atoms with van der Waals surface area (Å²) in [5.41, 5.74) is 6.36. The molecule has 0 aliphatic rings. The molecule has 1 aromatic carbocycles. The van der Waals surface area contributed by atoms with Gasteiger partial charge >= 0.3 is 5.97 Å². The van der Waals surface area contributed by atoms with Crippen LogP contribution in [-0.4, -0.2) is 12.6 Å². The molecular weight excluding hydrogens is 202 g/mol. The van der Waals surface area contributed by atoms with Crippen LogP contribution in [0.15, 0.2) is 24.3 Å². The Kier molecular flexibility index (Phi) is 3.92. The number of hydrogen-bond acceptors (Lipinski definition) is 3. The van der Waals surface area contributed by atoms with Crippen molar-refractivity contribution in [3.05, 3.63) is 34.9 Å². The predicted molar refractivity (Wildman–Crippen MR) is 55.0 cm³/mol. The summed E-state index contributed by atoms with van der Waals surface area (Å²) in [4.78, 5) is 11.2. The normalized spacial score (nSPS) is 12.2. The third-order valence-corrected chi connectivity index (χ3v) is 2.02. The van der Waals surface area contributed by atoms with E-state index in [4.69, 9.17) is 22.1 Å². The summed E-state index contributed by atoms with van der Waals surface area (Å²) in [6, 6.07) is 6.08. The molecule has 1 aromatic rings. The minimum Gasteiger partial charge on any atom is -0.465 e. The van der Waals surface area contributed by atoms with Gasteiger partial charge in [0.2, 0.25) is 0 Å². The molecule has 4 heteroatoms. The highest BCUT2D eigenvalue weighted by atomic mass is 35.5. The minimum absolute atomic E-state index is 0.333. The lowest BCUT2D eigenvalue weighted by atomic mass is 10.1. The molecule has 3 nitrogen and oxygen atoms in total. The average molecular weight is 214 g/mol. The second kappa shape index (κ2) is 4.98. The van der Waals surface area contributed by atoms with E-state index < -0.39 is 12.0 Å². The predicted octanol–water partition coefficient (Wildman–Crippen LogP) is 1.90. The van der Waals surface area contributed by atoms with Crippen molar-refractivity contribution in [2.45, 2.75) is 13.0 Å². The van der Waals surface area contributed by atoms with Gasteiger partial charge in [-0.1, -0.05) is 23.7 Å². The number of nitrogens with two attached hydrogens (primary N) is 1. The molecule has 0 spiro atoms. The quantitative estimate of drug-likeness (QED) is 0.781. The van der Waals surface area contributed by atoms with Crippen molar-refractivity contribution in [2.24, 2.45) is 5.73 Å². The van der Waals surface area contributed by atoms with Gasteiger partial charge in [-0.25, -0.2) is 4.79 Å². The molecule has 0 aliphatic heterocycles. The summed E-state index contributed by atoms with van der Waals surface area (Å²) in [6.07, 6.45) is 0. The first-order chi connectivity index (χ1) is 6.65. The number of hydrogen-bond donors (Lipinski definition) is 1. The first-order valence-corrected chi connectivity index (χ1v) is 4.70. The topological polar surface area (TPSA) is 52.3 Å². The van der Waals surface area contributed by atoms with E-state index in [1.165, 1.54) is 0 Å². The molecule has 0 aromatic heterocycles. The first-order valence-electron chi connectivity index (χ1n) is 4.33. The fourth-order valence-corrected chi connectivity index (χ4v) is 1.16. The Labute approximate surface area is 87.8 Å². The van der Waals surface area contributed by atoms with E-state index >= 15 is 0 Å². The minimum atomic E-state index is -0.729. The number of ether oxygens (including phenoxy) is 1. The molecule has 0 saturated heterocycles. The fraction of sp³-hybridized carbons (Fsp3) is 0.300. The Morgan fingerprint density at radius 1 is 1.50 bits per heavy atom. The van der Waals surface area contributed by atoms with Crippen LogP contribution >= 0.6 is 11.6 Å². The fourth-order valence-electron chi connectivity index (χ4n) is 1.04. The van der Waals surface area contributed by atoms with Gasteiger partial charge < -0.3 is 10.5 Å². The summed E-state index contributed by atoms with van der Waals surface area (Å²) in [6.45, 7) is 2.08. The van der Waals surface area contributed by atoms with Crippen LogP contribution in [0.25, 0.3) is 0 Å². The number of halogens is 1. The zero-order chi connectivity index (χ0) is 10.6. The maximum Gasteiger partial charge on any atom is 0.327 e. The highest BCUT2D eigenvalue weighted by Gasteiger charge is 2.16. The van der Waals surface area contributed by atoms with Gasteiger partial charge in [0.25, 0.3) is 0 Å². The van der Waals surface area contributed by atoms with E-state index in [-0.39, 0.29) is 0 Å². The van der Waals surface area contributed by atoms with Crippen molar-refractivity contribution in [3.8, 4) is 0 Å². The maximum atomic E-state index is 11.2. The maximum absolute atomic E-state index is 11.2. The molecular formula is C10H12ClNO2. The van der Waals surface area contributed by atoms with E-state index in [9.17, 15) is 4.79 Å². The molecule has 0 amide bonds. The molecule has 1 atom stereocenters. The monoisotopic (exact) mass is 213 g/mol. The Bertz CT molecular complexity index is 310. The lowest BCUT2D eigenvalue weighted by molar-refractivity contribution is -0.144. The smallest absolute Gasteiger partial charge is 0.327 e. The summed E-state index contributed by atoms with van der Waals surface area (Å²) in [5.74, 6) is -0.421. The van der Waals surface area contributed by atoms with Crippen LogP contribution in [-0.2, 0) is 9.53 Å². The molecule has 0 radical (unpaired) electrons. The third kappa shape index (κ3) is 2.72. The van der Waals surface area contributed by atoms with E-state index in [1.807, 2.05) is 0 Å². The van der Waals surface area contributed by atoms with Crippen molar-refractivity contribution in [2.75, 3.05) is 6.61 Å². The van der Waals surface area contributed by atoms with Crippen molar-refractivity contribution >= 4 is 17.6 Å². The van der Waals surface area contributed by atoms with E-state index in [0.29, 0.717) is 17.2 Å². The van der Waals surface area contributed by atoms with E-state index in [1.54, 1.807) is 31.2 Å². The van der Waals surface area contributed by atoms with Gasteiger partial charge in [-0.3, -0.25) is 0 Å². The van der Waals surface area contributed by atoms with Crippen LogP contribution in [0.5, 0.6) is 0 Å². The lowest BCUT2D eigenvalue weighted by Gasteiger charge is -2.10. The van der Waals surface area contributed by atoms with Crippen LogP contribution in [0.4, 0.5) is 0 Å². The first kappa shape index (κ1) is 11.0. The number of carbonyl (C=O) groups is 1. The zero-order valence-corrected chi connectivity index (χ0v) is 8.62. The Morgan fingerprint density at radius 3 is 2.57 bits per heavy atom. The summed E-state index contributed by atoms with van der Waals surface area (Å²) >= 11 is 5.70. The molecule has 0 aliphatic carbocycles. The summed E-state index contributed by atoms with van der Waals surface area (Å²) in [5, 5.41) is 0.616. The molecule has 0 heterocycles. The van der Waals surface area contributed by atoms with Crippen molar-refractivity contribution < 1.29 is 9.53 Å². The van der Waals surface area contributed by atoms with Gasteiger partial charge in [0.1, 0.15) is 6.04 Å². The summed E-state index contributed by atoms with van der Waals surface area (Å²) in [7, 11) is 0. The van der Waals surface area contributed by atoms with Crippen LogP contribution in [0.3, 0.4) is 0 Å². The van der Waals surface area contributed by atoms with Crippen LogP contribution in [0.1, 0.15) is 18.5 Å². The average Bonchev–Trinajstić information content (AvgIpc) is 2.18. The largest absolute Gasteiger partial charge is 0.465 e. The number of rotatable bonds is 3. The van der Waals surface area contributed by atoms with Crippen molar-refractivity contribution in [1.29, 1.82) is 0 Å². The van der Waals surface area contributed by atoms with Crippen LogP contribution in [0.2, 0.25) is 5.02 Å². The molecule has 76 valence electrons. The molecule has 14 heavy (non-hydrogen) atoms. The van der Waals surface area contributed by atoms with Gasteiger partial charge in [-0.05, 0) is 24.6 Å². The van der Waals surface area contributed by atoms with Gasteiger partial charge in [-0.15, -0.1) is 0 Å². The molecule has 1 rings (SSSR count). The van der Waals surface area contributed by atoms with Crippen LogP contribution < -0.4 is 5.73 Å². The Hall–Kier alpha value is -1.06. The van der Waals surface area contributed by atoms with Gasteiger partial charge in [0.15, 0.2) is 0 Å². The number of esters is 1. The van der Waals surface area contributed by atoms with Gasteiger partial charge in [0, 0.05) is 5.02 Å². The lowest BCUT2D eigenvalue weighted by Crippen LogP contribution is -2.23. The molecule has 0 fully saturated rings. The standard InChI is InChI=1S/C10H12ClNO2/c1-2-14-10(13)9(12)7-3-5-8(11)6-4-7/h3-6,9H,2,12H2,1H3. The van der Waals surface area contributed by atoms with Crippen LogP contribution in [0, 0.1) is 0 Å². The van der Waals surface area contributed by atoms with Gasteiger partial charge in [0.05, 0.1) is 6.61 Å². The van der Waals surface area contributed by atoms with Crippen molar-refractivity contribution in [1.82, 2.24) is 0 Å². The SMILES string of the molecule is CCOC(=O)C(N)c1ccc(Cl)cc1. The Morgan fingerprint density at radius 2 is 2.07 bits per heavy atom. The summed E-state index contributed by atoms with van der Waals surface area (Å²) < 4.78 is 4.79. The van der Waals surface area contributed by atoms with Gasteiger partial charge in [-0.2, -0.15) is 0 Å². The molecule has 1 unspecified atom stereocenters. The number of carbonyl (C=O) groups excluding carboxylic acids is 1. The molecule has 2 N–H and O–H groups in total. The van der Waals surface area contributed by atoms with Crippen molar-refractivity contribution in [3.63, 3.8) is 0 Å². The Balaban J connectivity index is 2.73. The highest BCUT2D eigenvalue weighted by Crippen LogP contribution is 2.15. The highest BCUT2D eigenvalue weighted by molar-refractivity contribution is 6.30. The second-order valence-corrected chi connectivity index (χ2v) is 3.22.